The molecule has 9 heteroatoms. The van der Waals surface area contributed by atoms with Crippen LogP contribution in [0.25, 0.3) is 0 Å². The summed E-state index contributed by atoms with van der Waals surface area (Å²) in [5.74, 6) is -2.36. The van der Waals surface area contributed by atoms with Crippen molar-refractivity contribution in [2.45, 2.75) is 83.6 Å². The number of ketones is 1. The zero-order valence-corrected chi connectivity index (χ0v) is 20.5. The summed E-state index contributed by atoms with van der Waals surface area (Å²) in [5, 5.41) is 9.87. The molecule has 2 saturated heterocycles. The number of Topliss-reactive ketones (excluding diaryl/α,β-unsaturated/α-hetero) is 1. The summed E-state index contributed by atoms with van der Waals surface area (Å²) in [6, 6.07) is 0. The van der Waals surface area contributed by atoms with Crippen molar-refractivity contribution in [1.82, 2.24) is 0 Å². The number of ether oxygens (including phenoxy) is 4. The van der Waals surface area contributed by atoms with Gasteiger partial charge in [0.15, 0.2) is 6.10 Å². The molecule has 1 spiro atoms. The largest absolute Gasteiger partial charge is 0.456 e. The molecule has 2 saturated carbocycles. The number of carbonyl (C=O) groups excluding carboxylic acids is 4. The van der Waals surface area contributed by atoms with E-state index in [0.717, 1.165) is 0 Å². The van der Waals surface area contributed by atoms with E-state index in [-0.39, 0.29) is 29.6 Å². The zero-order valence-electron chi connectivity index (χ0n) is 20.5. The standard InChI is InChI=1S/C26H30O9/c1-22(2)14-11-15(27)25(5)13(23(14,3)8-7-16(28)34-22)6-9-24(4)18(12-10-17(29)32-20(12)30)33-21(31)19-26(24,25)35-19/h7-8,10,13-14,17-19,29H,6,9,11H2,1-5H3/t13-,14-,17+,18+,19+,23-,24+,25+,26+/m1/s1. The Morgan fingerprint density at radius 2 is 1.69 bits per heavy atom. The summed E-state index contributed by atoms with van der Waals surface area (Å²) in [5.41, 5.74) is -4.53. The molecule has 0 aromatic heterocycles. The maximum Gasteiger partial charge on any atom is 0.340 e. The van der Waals surface area contributed by atoms with E-state index in [2.05, 4.69) is 6.92 Å². The van der Waals surface area contributed by atoms with Crippen molar-refractivity contribution >= 4 is 23.7 Å². The molecule has 0 bridgehead atoms. The smallest absolute Gasteiger partial charge is 0.340 e. The first-order valence-corrected chi connectivity index (χ1v) is 12.2. The predicted molar refractivity (Wildman–Crippen MR) is 117 cm³/mol. The van der Waals surface area contributed by atoms with Crippen LogP contribution >= 0.6 is 0 Å². The third-order valence-electron chi connectivity index (χ3n) is 10.2. The highest BCUT2D eigenvalue weighted by atomic mass is 16.7. The van der Waals surface area contributed by atoms with Crippen molar-refractivity contribution in [3.05, 3.63) is 23.8 Å². The monoisotopic (exact) mass is 486 g/mol. The van der Waals surface area contributed by atoms with Crippen molar-refractivity contribution < 1.29 is 43.2 Å². The molecular formula is C26H30O9. The van der Waals surface area contributed by atoms with Crippen LogP contribution in [0.2, 0.25) is 0 Å². The van der Waals surface area contributed by atoms with Crippen LogP contribution in [0.15, 0.2) is 23.8 Å². The van der Waals surface area contributed by atoms with Crippen LogP contribution < -0.4 is 0 Å². The Kier molecular flexibility index (Phi) is 4.20. The van der Waals surface area contributed by atoms with Gasteiger partial charge >= 0.3 is 17.9 Å². The quantitative estimate of drug-likeness (QED) is 0.335. The van der Waals surface area contributed by atoms with E-state index < -0.39 is 63.9 Å². The maximum atomic E-state index is 14.2. The van der Waals surface area contributed by atoms with Gasteiger partial charge in [0.1, 0.15) is 23.1 Å². The van der Waals surface area contributed by atoms with Gasteiger partial charge in [-0.05, 0) is 51.0 Å². The van der Waals surface area contributed by atoms with Crippen molar-refractivity contribution in [1.29, 1.82) is 0 Å². The Morgan fingerprint density at radius 1 is 0.971 bits per heavy atom. The van der Waals surface area contributed by atoms with Gasteiger partial charge in [0.25, 0.3) is 0 Å². The van der Waals surface area contributed by atoms with E-state index >= 15 is 0 Å². The first-order chi connectivity index (χ1) is 16.2. The van der Waals surface area contributed by atoms with Crippen LogP contribution in [0.1, 0.15) is 53.9 Å². The van der Waals surface area contributed by atoms with Crippen LogP contribution in [-0.2, 0) is 38.1 Å². The summed E-state index contributed by atoms with van der Waals surface area (Å²) in [6.45, 7) is 9.52. The number of rotatable bonds is 1. The molecule has 4 heterocycles. The number of esters is 3. The van der Waals surface area contributed by atoms with E-state index in [9.17, 15) is 24.3 Å². The van der Waals surface area contributed by atoms with E-state index in [1.165, 1.54) is 12.2 Å². The molecule has 35 heavy (non-hydrogen) atoms. The Bertz CT molecular complexity index is 1150. The van der Waals surface area contributed by atoms with E-state index in [4.69, 9.17) is 18.9 Å². The Labute approximate surface area is 202 Å². The first kappa shape index (κ1) is 22.9. The summed E-state index contributed by atoms with van der Waals surface area (Å²) >= 11 is 0. The van der Waals surface area contributed by atoms with Crippen molar-refractivity contribution in [2.24, 2.45) is 28.1 Å². The molecule has 0 aromatic carbocycles. The summed E-state index contributed by atoms with van der Waals surface area (Å²) in [6.07, 6.45) is 2.48. The van der Waals surface area contributed by atoms with Crippen molar-refractivity contribution in [3.63, 3.8) is 0 Å². The molecule has 9 nitrogen and oxygen atoms in total. The SMILES string of the molecule is CC1(C)OC(=O)C=C[C@@]2(C)[C@@H]1CC(=O)[C@]1(C)[C@@H]2CC[C@@]2(C)[C@H](C3=C[C@@H](O)OC3=O)OC(=O)[C@@H]3O[C@@]321. The summed E-state index contributed by atoms with van der Waals surface area (Å²) < 4.78 is 22.6. The molecule has 6 aliphatic rings. The van der Waals surface area contributed by atoms with Crippen LogP contribution in [0.5, 0.6) is 0 Å². The number of carbonyl (C=O) groups is 4. The maximum absolute atomic E-state index is 14.2. The number of aliphatic hydroxyl groups excluding tert-OH is 1. The number of hydrogen-bond acceptors (Lipinski definition) is 9. The van der Waals surface area contributed by atoms with Crippen LogP contribution in [-0.4, -0.2) is 58.5 Å². The normalized spacial score (nSPS) is 51.5. The lowest BCUT2D eigenvalue weighted by Crippen LogP contribution is -2.72. The van der Waals surface area contributed by atoms with Gasteiger partial charge in [-0.1, -0.05) is 19.9 Å². The van der Waals surface area contributed by atoms with Crippen LogP contribution in [0.3, 0.4) is 0 Å². The Morgan fingerprint density at radius 3 is 2.34 bits per heavy atom. The molecule has 9 atom stereocenters. The Hall–Kier alpha value is -2.52. The number of aliphatic hydroxyl groups is 1. The molecule has 0 amide bonds. The van der Waals surface area contributed by atoms with E-state index in [1.807, 2.05) is 33.8 Å². The lowest BCUT2D eigenvalue weighted by molar-refractivity contribution is -0.211. The third kappa shape index (κ3) is 2.46. The van der Waals surface area contributed by atoms with Gasteiger partial charge in [0.05, 0.1) is 11.0 Å². The van der Waals surface area contributed by atoms with Crippen LogP contribution in [0.4, 0.5) is 0 Å². The van der Waals surface area contributed by atoms with Gasteiger partial charge in [-0.3, -0.25) is 4.79 Å². The highest BCUT2D eigenvalue weighted by Crippen LogP contribution is 2.77. The van der Waals surface area contributed by atoms with E-state index in [1.54, 1.807) is 0 Å². The summed E-state index contributed by atoms with van der Waals surface area (Å²) in [7, 11) is 0. The second-order valence-corrected chi connectivity index (χ2v) is 12.1. The minimum Gasteiger partial charge on any atom is -0.456 e. The molecule has 6 rings (SSSR count). The number of epoxide rings is 1. The highest BCUT2D eigenvalue weighted by molar-refractivity contribution is 5.96. The molecule has 0 aromatic rings. The first-order valence-electron chi connectivity index (χ1n) is 12.2. The Balaban J connectivity index is 1.51. The van der Waals surface area contributed by atoms with Gasteiger partial charge in [-0.25, -0.2) is 14.4 Å². The minimum absolute atomic E-state index is 0.0470. The predicted octanol–water partition coefficient (Wildman–Crippen LogP) is 1.76. The second kappa shape index (κ2) is 6.42. The molecule has 4 aliphatic heterocycles. The number of cyclic esters (lactones) is 3. The average Bonchev–Trinajstić information content (AvgIpc) is 3.47. The highest BCUT2D eigenvalue weighted by Gasteiger charge is 2.88. The number of fused-ring (bicyclic) bond motifs is 3. The fourth-order valence-electron chi connectivity index (χ4n) is 8.67. The van der Waals surface area contributed by atoms with Crippen molar-refractivity contribution in [2.75, 3.05) is 0 Å². The van der Waals surface area contributed by atoms with Gasteiger partial charge < -0.3 is 24.1 Å². The van der Waals surface area contributed by atoms with Gasteiger partial charge in [-0.15, -0.1) is 0 Å². The number of allylic oxidation sites excluding steroid dienone is 1. The molecule has 0 radical (unpaired) electrons. The van der Waals surface area contributed by atoms with E-state index in [0.29, 0.717) is 12.8 Å². The van der Waals surface area contributed by atoms with Gasteiger partial charge in [0.2, 0.25) is 6.29 Å². The fraction of sp³-hybridized carbons (Fsp3) is 0.692. The fourth-order valence-corrected chi connectivity index (χ4v) is 8.67. The average molecular weight is 487 g/mol. The molecule has 4 fully saturated rings. The minimum atomic E-state index is -1.41. The lowest BCUT2D eigenvalue weighted by atomic mass is 9.37. The molecule has 2 aliphatic carbocycles. The lowest BCUT2D eigenvalue weighted by Gasteiger charge is -2.64. The topological polar surface area (TPSA) is 129 Å². The zero-order chi connectivity index (χ0) is 25.3. The molecule has 1 N–H and O–H groups in total. The molecular weight excluding hydrogens is 456 g/mol. The second-order valence-electron chi connectivity index (χ2n) is 12.1. The number of hydrogen-bond donors (Lipinski definition) is 1. The van der Waals surface area contributed by atoms with Crippen LogP contribution in [0, 0.1) is 28.1 Å². The molecule has 188 valence electrons. The molecule has 0 unspecified atom stereocenters. The third-order valence-corrected chi connectivity index (χ3v) is 10.2. The van der Waals surface area contributed by atoms with Gasteiger partial charge in [-0.2, -0.15) is 0 Å². The van der Waals surface area contributed by atoms with Gasteiger partial charge in [0, 0.05) is 23.8 Å². The van der Waals surface area contributed by atoms with Crippen molar-refractivity contribution in [3.8, 4) is 0 Å². The summed E-state index contributed by atoms with van der Waals surface area (Å²) in [4.78, 5) is 52.2.